The predicted molar refractivity (Wildman–Crippen MR) is 59.6 cm³/mol. The monoisotopic (exact) mass is 242 g/mol. The molecule has 0 atom stereocenters. The fourth-order valence-electron chi connectivity index (χ4n) is 1.54. The molecular formula is C11H18N2O4. The third-order valence-electron chi connectivity index (χ3n) is 2.30. The Morgan fingerprint density at radius 1 is 1.53 bits per heavy atom. The van der Waals surface area contributed by atoms with Gasteiger partial charge >= 0.3 is 5.97 Å². The molecule has 6 heteroatoms. The van der Waals surface area contributed by atoms with E-state index in [9.17, 15) is 4.79 Å². The molecule has 0 unspecified atom stereocenters. The number of ether oxygens (including phenoxy) is 1. The zero-order valence-corrected chi connectivity index (χ0v) is 10.4. The van der Waals surface area contributed by atoms with E-state index in [1.165, 1.54) is 0 Å². The molecule has 1 heterocycles. The predicted octanol–water partition coefficient (Wildman–Crippen LogP) is 1.30. The maximum atomic E-state index is 10.7. The smallest absolute Gasteiger partial charge is 0.303 e. The first-order valence-corrected chi connectivity index (χ1v) is 5.45. The molecule has 0 aromatic carbocycles. The Labute approximate surface area is 100.0 Å². The van der Waals surface area contributed by atoms with E-state index in [4.69, 9.17) is 14.4 Å². The lowest BCUT2D eigenvalue weighted by Crippen LogP contribution is -2.19. The van der Waals surface area contributed by atoms with Gasteiger partial charge in [-0.1, -0.05) is 19.0 Å². The van der Waals surface area contributed by atoms with Crippen LogP contribution in [0.5, 0.6) is 0 Å². The summed E-state index contributed by atoms with van der Waals surface area (Å²) >= 11 is 0. The largest absolute Gasteiger partial charge is 0.481 e. The molecule has 0 spiro atoms. The molecule has 96 valence electrons. The Bertz CT molecular complexity index is 373. The SMILES string of the molecule is COCCc1noc(CC(C)(C)CC(=O)O)n1. The molecule has 0 bridgehead atoms. The molecule has 0 aliphatic carbocycles. The molecule has 0 aliphatic heterocycles. The molecule has 1 N–H and O–H groups in total. The van der Waals surface area contributed by atoms with Crippen LogP contribution in [0.3, 0.4) is 0 Å². The normalized spacial score (nSPS) is 11.7. The second-order valence-electron chi connectivity index (χ2n) is 4.76. The summed E-state index contributed by atoms with van der Waals surface area (Å²) in [6.07, 6.45) is 1.13. The number of carbonyl (C=O) groups is 1. The molecule has 1 rings (SSSR count). The molecule has 1 aromatic rings. The van der Waals surface area contributed by atoms with Crippen molar-refractivity contribution in [2.45, 2.75) is 33.1 Å². The third kappa shape index (κ3) is 4.95. The van der Waals surface area contributed by atoms with Gasteiger partial charge in [-0.25, -0.2) is 0 Å². The van der Waals surface area contributed by atoms with Crippen molar-refractivity contribution in [2.24, 2.45) is 5.41 Å². The maximum Gasteiger partial charge on any atom is 0.303 e. The van der Waals surface area contributed by atoms with Crippen molar-refractivity contribution >= 4 is 5.97 Å². The molecule has 0 aliphatic rings. The molecule has 17 heavy (non-hydrogen) atoms. The highest BCUT2D eigenvalue weighted by molar-refractivity contribution is 5.67. The van der Waals surface area contributed by atoms with Crippen molar-refractivity contribution in [1.29, 1.82) is 0 Å². The molecule has 0 amide bonds. The summed E-state index contributed by atoms with van der Waals surface area (Å²) in [5.74, 6) is 0.240. The summed E-state index contributed by atoms with van der Waals surface area (Å²) < 4.78 is 9.98. The number of aliphatic carboxylic acids is 1. The second-order valence-corrected chi connectivity index (χ2v) is 4.76. The number of aromatic nitrogens is 2. The van der Waals surface area contributed by atoms with E-state index in [2.05, 4.69) is 10.1 Å². The van der Waals surface area contributed by atoms with Crippen molar-refractivity contribution in [3.8, 4) is 0 Å². The highest BCUT2D eigenvalue weighted by Crippen LogP contribution is 2.25. The summed E-state index contributed by atoms with van der Waals surface area (Å²) in [4.78, 5) is 14.9. The van der Waals surface area contributed by atoms with Gasteiger partial charge in [-0.2, -0.15) is 4.98 Å². The van der Waals surface area contributed by atoms with Crippen LogP contribution in [0.25, 0.3) is 0 Å². The van der Waals surface area contributed by atoms with Crippen molar-refractivity contribution < 1.29 is 19.2 Å². The molecule has 0 radical (unpaired) electrons. The van der Waals surface area contributed by atoms with Crippen LogP contribution in [0, 0.1) is 5.41 Å². The van der Waals surface area contributed by atoms with Gasteiger partial charge < -0.3 is 14.4 Å². The first kappa shape index (κ1) is 13.6. The molecule has 0 saturated heterocycles. The highest BCUT2D eigenvalue weighted by atomic mass is 16.5. The van der Waals surface area contributed by atoms with E-state index in [-0.39, 0.29) is 6.42 Å². The first-order chi connectivity index (χ1) is 7.93. The summed E-state index contributed by atoms with van der Waals surface area (Å²) in [6.45, 7) is 4.26. The number of hydrogen-bond acceptors (Lipinski definition) is 5. The van der Waals surface area contributed by atoms with Crippen LogP contribution in [0.4, 0.5) is 0 Å². The van der Waals surface area contributed by atoms with E-state index < -0.39 is 11.4 Å². The van der Waals surface area contributed by atoms with Gasteiger partial charge in [-0.3, -0.25) is 4.79 Å². The Morgan fingerprint density at radius 3 is 2.82 bits per heavy atom. The average molecular weight is 242 g/mol. The molecule has 6 nitrogen and oxygen atoms in total. The minimum atomic E-state index is -0.825. The Kier molecular flexibility index (Phi) is 4.62. The molecular weight excluding hydrogens is 224 g/mol. The van der Waals surface area contributed by atoms with Gasteiger partial charge in [0.25, 0.3) is 0 Å². The van der Waals surface area contributed by atoms with Crippen LogP contribution in [0.2, 0.25) is 0 Å². The topological polar surface area (TPSA) is 85.5 Å². The molecule has 0 fully saturated rings. The standard InChI is InChI=1S/C11H18N2O4/c1-11(2,7-10(14)15)6-9-12-8(13-17-9)4-5-16-3/h4-7H2,1-3H3,(H,14,15). The van der Waals surface area contributed by atoms with Crippen molar-refractivity contribution in [1.82, 2.24) is 10.1 Å². The highest BCUT2D eigenvalue weighted by Gasteiger charge is 2.25. The summed E-state index contributed by atoms with van der Waals surface area (Å²) in [5, 5.41) is 12.6. The van der Waals surface area contributed by atoms with Gasteiger partial charge in [0.2, 0.25) is 5.89 Å². The van der Waals surface area contributed by atoms with Gasteiger partial charge in [-0.05, 0) is 5.41 Å². The van der Waals surface area contributed by atoms with Crippen molar-refractivity contribution in [3.05, 3.63) is 11.7 Å². The number of methoxy groups -OCH3 is 1. The van der Waals surface area contributed by atoms with Crippen LogP contribution in [0.15, 0.2) is 4.52 Å². The third-order valence-corrected chi connectivity index (χ3v) is 2.30. The first-order valence-electron chi connectivity index (χ1n) is 5.45. The number of nitrogens with zero attached hydrogens (tertiary/aromatic N) is 2. The number of carboxylic acids is 1. The number of carboxylic acid groups (broad SMARTS) is 1. The minimum absolute atomic E-state index is 0.0722. The summed E-state index contributed by atoms with van der Waals surface area (Å²) in [6, 6.07) is 0. The lowest BCUT2D eigenvalue weighted by Gasteiger charge is -2.19. The Morgan fingerprint density at radius 2 is 2.24 bits per heavy atom. The van der Waals surface area contributed by atoms with Crippen LogP contribution < -0.4 is 0 Å². The molecule has 1 aromatic heterocycles. The van der Waals surface area contributed by atoms with E-state index in [1.807, 2.05) is 13.8 Å². The zero-order chi connectivity index (χ0) is 12.9. The van der Waals surface area contributed by atoms with E-state index >= 15 is 0 Å². The van der Waals surface area contributed by atoms with Gasteiger partial charge in [0.1, 0.15) is 0 Å². The summed E-state index contributed by atoms with van der Waals surface area (Å²) in [5.41, 5.74) is -0.392. The van der Waals surface area contributed by atoms with Crippen LogP contribution in [0.1, 0.15) is 32.0 Å². The summed E-state index contributed by atoms with van der Waals surface area (Å²) in [7, 11) is 1.61. The van der Waals surface area contributed by atoms with Gasteiger partial charge in [0.05, 0.1) is 13.0 Å². The van der Waals surface area contributed by atoms with Crippen molar-refractivity contribution in [3.63, 3.8) is 0 Å². The van der Waals surface area contributed by atoms with Crippen LogP contribution in [-0.4, -0.2) is 34.9 Å². The second kappa shape index (κ2) is 5.77. The van der Waals surface area contributed by atoms with E-state index in [0.717, 1.165) is 0 Å². The molecule has 0 saturated carbocycles. The number of rotatable bonds is 7. The van der Waals surface area contributed by atoms with Gasteiger partial charge in [0.15, 0.2) is 5.82 Å². The van der Waals surface area contributed by atoms with Gasteiger partial charge in [0, 0.05) is 20.0 Å². The fraction of sp³-hybridized carbons (Fsp3) is 0.727. The fourth-order valence-corrected chi connectivity index (χ4v) is 1.54. The lowest BCUT2D eigenvalue weighted by molar-refractivity contribution is -0.139. The Hall–Kier alpha value is -1.43. The zero-order valence-electron chi connectivity index (χ0n) is 10.4. The quantitative estimate of drug-likeness (QED) is 0.775. The van der Waals surface area contributed by atoms with E-state index in [1.54, 1.807) is 7.11 Å². The van der Waals surface area contributed by atoms with Crippen molar-refractivity contribution in [2.75, 3.05) is 13.7 Å². The Balaban J connectivity index is 2.56. The lowest BCUT2D eigenvalue weighted by atomic mass is 9.86. The van der Waals surface area contributed by atoms with E-state index in [0.29, 0.717) is 31.2 Å². The average Bonchev–Trinajstić information content (AvgIpc) is 2.59. The van der Waals surface area contributed by atoms with Crippen LogP contribution >= 0.6 is 0 Å². The van der Waals surface area contributed by atoms with Gasteiger partial charge in [-0.15, -0.1) is 0 Å². The van der Waals surface area contributed by atoms with Crippen LogP contribution in [-0.2, 0) is 22.4 Å². The maximum absolute atomic E-state index is 10.7. The number of hydrogen-bond donors (Lipinski definition) is 1. The minimum Gasteiger partial charge on any atom is -0.481 e.